The Morgan fingerprint density at radius 3 is 2.92 bits per heavy atom. The molecule has 3 N–H and O–H groups in total. The molecule has 24 heavy (non-hydrogen) atoms. The lowest BCUT2D eigenvalue weighted by Crippen LogP contribution is -2.43. The van der Waals surface area contributed by atoms with E-state index >= 15 is 0 Å². The van der Waals surface area contributed by atoms with Gasteiger partial charge in [-0.1, -0.05) is 30.3 Å². The fraction of sp³-hybridized carbons (Fsp3) is 0.353. The number of hydrazine groups is 1. The molecule has 0 saturated carbocycles. The van der Waals surface area contributed by atoms with E-state index in [0.29, 0.717) is 37.3 Å². The Labute approximate surface area is 139 Å². The van der Waals surface area contributed by atoms with E-state index < -0.39 is 0 Å². The normalized spacial score (nSPS) is 23.1. The van der Waals surface area contributed by atoms with Crippen LogP contribution in [-0.2, 0) is 17.8 Å². The lowest BCUT2D eigenvalue weighted by atomic mass is 9.93. The van der Waals surface area contributed by atoms with E-state index in [-0.39, 0.29) is 23.4 Å². The predicted molar refractivity (Wildman–Crippen MR) is 87.8 cm³/mol. The minimum Gasteiger partial charge on any atom is -0.336 e. The number of hydrogen-bond acceptors (Lipinski definition) is 5. The van der Waals surface area contributed by atoms with Gasteiger partial charge in [-0.15, -0.1) is 0 Å². The molecular formula is C17H19N5O2. The summed E-state index contributed by atoms with van der Waals surface area (Å²) in [4.78, 5) is 33.5. The first-order valence-electron chi connectivity index (χ1n) is 8.11. The summed E-state index contributed by atoms with van der Waals surface area (Å²) < 4.78 is 0. The summed E-state index contributed by atoms with van der Waals surface area (Å²) in [6.07, 6.45) is 1.95. The maximum Gasteiger partial charge on any atom is 0.254 e. The zero-order chi connectivity index (χ0) is 16.5. The first kappa shape index (κ1) is 15.0. The fourth-order valence-electron chi connectivity index (χ4n) is 3.49. The molecule has 2 aromatic rings. The third-order valence-corrected chi connectivity index (χ3v) is 4.78. The maximum atomic E-state index is 13.0. The molecule has 1 fully saturated rings. The fourth-order valence-corrected chi connectivity index (χ4v) is 3.49. The number of aromatic amines is 1. The topological polar surface area (TPSA) is 90.1 Å². The van der Waals surface area contributed by atoms with Crippen LogP contribution in [0.3, 0.4) is 0 Å². The highest BCUT2D eigenvalue weighted by atomic mass is 16.2. The molecule has 7 heteroatoms. The standard InChI is InChI=1S/C17H19N5O2/c23-16-12-6-7-22(9-14(12)18-10-19-16)17(24)13-8-20-21-15(13)11-4-2-1-3-5-11/h1-5,10,13,15,20-21H,6-9H2,(H,18,19,23). The summed E-state index contributed by atoms with van der Waals surface area (Å²) in [5.41, 5.74) is 8.70. The summed E-state index contributed by atoms with van der Waals surface area (Å²) in [7, 11) is 0. The van der Waals surface area contributed by atoms with Gasteiger partial charge in [0, 0.05) is 18.7 Å². The molecule has 0 bridgehead atoms. The van der Waals surface area contributed by atoms with E-state index in [9.17, 15) is 9.59 Å². The number of benzene rings is 1. The van der Waals surface area contributed by atoms with Gasteiger partial charge in [0.1, 0.15) is 0 Å². The van der Waals surface area contributed by atoms with Gasteiger partial charge in [-0.05, 0) is 12.0 Å². The quantitative estimate of drug-likeness (QED) is 0.730. The van der Waals surface area contributed by atoms with E-state index in [0.717, 1.165) is 5.56 Å². The van der Waals surface area contributed by atoms with Gasteiger partial charge in [0.05, 0.1) is 30.5 Å². The summed E-state index contributed by atoms with van der Waals surface area (Å²) in [6.45, 7) is 1.54. The average Bonchev–Trinajstić information content (AvgIpc) is 3.11. The third kappa shape index (κ3) is 2.61. The molecule has 124 valence electrons. The van der Waals surface area contributed by atoms with Crippen LogP contribution in [0.5, 0.6) is 0 Å². The second kappa shape index (κ2) is 6.18. The molecule has 1 amide bonds. The molecule has 2 atom stereocenters. The lowest BCUT2D eigenvalue weighted by Gasteiger charge is -2.31. The largest absolute Gasteiger partial charge is 0.336 e. The molecule has 1 aromatic carbocycles. The van der Waals surface area contributed by atoms with Crippen molar-refractivity contribution in [1.29, 1.82) is 0 Å². The van der Waals surface area contributed by atoms with Gasteiger partial charge in [0.15, 0.2) is 0 Å². The van der Waals surface area contributed by atoms with Crippen LogP contribution >= 0.6 is 0 Å². The van der Waals surface area contributed by atoms with Crippen molar-refractivity contribution < 1.29 is 4.79 Å². The van der Waals surface area contributed by atoms with E-state index in [1.54, 1.807) is 0 Å². The number of nitrogens with one attached hydrogen (secondary N) is 3. The van der Waals surface area contributed by atoms with Crippen molar-refractivity contribution in [3.63, 3.8) is 0 Å². The van der Waals surface area contributed by atoms with Gasteiger partial charge in [0.2, 0.25) is 5.91 Å². The highest BCUT2D eigenvalue weighted by Crippen LogP contribution is 2.27. The Hall–Kier alpha value is -2.51. The van der Waals surface area contributed by atoms with Crippen molar-refractivity contribution >= 4 is 5.91 Å². The maximum absolute atomic E-state index is 13.0. The number of H-pyrrole nitrogens is 1. The molecule has 0 aliphatic carbocycles. The molecule has 4 rings (SSSR count). The lowest BCUT2D eigenvalue weighted by molar-refractivity contribution is -0.136. The zero-order valence-electron chi connectivity index (χ0n) is 13.2. The molecule has 1 saturated heterocycles. The molecule has 2 aliphatic heterocycles. The van der Waals surface area contributed by atoms with Crippen molar-refractivity contribution in [1.82, 2.24) is 25.7 Å². The number of fused-ring (bicyclic) bond motifs is 1. The summed E-state index contributed by atoms with van der Waals surface area (Å²) >= 11 is 0. The van der Waals surface area contributed by atoms with Crippen molar-refractivity contribution in [3.05, 3.63) is 63.8 Å². The first-order valence-corrected chi connectivity index (χ1v) is 8.11. The number of carbonyl (C=O) groups is 1. The van der Waals surface area contributed by atoms with Crippen LogP contribution in [0.4, 0.5) is 0 Å². The number of aromatic nitrogens is 2. The number of hydrogen-bond donors (Lipinski definition) is 3. The summed E-state index contributed by atoms with van der Waals surface area (Å²) in [5, 5.41) is 0. The molecule has 7 nitrogen and oxygen atoms in total. The van der Waals surface area contributed by atoms with Crippen LogP contribution in [0, 0.1) is 5.92 Å². The molecule has 0 spiro atoms. The Morgan fingerprint density at radius 1 is 1.25 bits per heavy atom. The molecule has 2 unspecified atom stereocenters. The van der Waals surface area contributed by atoms with Crippen LogP contribution < -0.4 is 16.4 Å². The number of rotatable bonds is 2. The number of amides is 1. The molecule has 2 aliphatic rings. The van der Waals surface area contributed by atoms with Gasteiger partial charge in [0.25, 0.3) is 5.56 Å². The summed E-state index contributed by atoms with van der Waals surface area (Å²) in [5.74, 6) is -0.0787. The first-order chi connectivity index (χ1) is 11.7. The van der Waals surface area contributed by atoms with Crippen molar-refractivity contribution in [2.45, 2.75) is 19.0 Å². The van der Waals surface area contributed by atoms with E-state index in [4.69, 9.17) is 0 Å². The minimum atomic E-state index is -0.170. The average molecular weight is 325 g/mol. The van der Waals surface area contributed by atoms with E-state index in [1.165, 1.54) is 6.33 Å². The molecular weight excluding hydrogens is 306 g/mol. The number of carbonyl (C=O) groups excluding carboxylic acids is 1. The van der Waals surface area contributed by atoms with Crippen LogP contribution in [0.25, 0.3) is 0 Å². The van der Waals surface area contributed by atoms with Crippen molar-refractivity contribution in [2.24, 2.45) is 5.92 Å². The monoisotopic (exact) mass is 325 g/mol. The SMILES string of the molecule is O=C(C1CNNC1c1ccccc1)N1CCc2c(nc[nH]c2=O)C1. The Morgan fingerprint density at radius 2 is 2.08 bits per heavy atom. The van der Waals surface area contributed by atoms with Crippen LogP contribution in [-0.4, -0.2) is 33.9 Å². The van der Waals surface area contributed by atoms with Gasteiger partial charge < -0.3 is 9.88 Å². The van der Waals surface area contributed by atoms with E-state index in [1.807, 2.05) is 35.2 Å². The predicted octanol–water partition coefficient (Wildman–Crippen LogP) is 0.120. The van der Waals surface area contributed by atoms with Crippen molar-refractivity contribution in [2.75, 3.05) is 13.1 Å². The van der Waals surface area contributed by atoms with Crippen LogP contribution in [0.2, 0.25) is 0 Å². The highest BCUT2D eigenvalue weighted by molar-refractivity contribution is 5.80. The second-order valence-electron chi connectivity index (χ2n) is 6.19. The van der Waals surface area contributed by atoms with Crippen LogP contribution in [0.1, 0.15) is 22.9 Å². The smallest absolute Gasteiger partial charge is 0.254 e. The molecule has 3 heterocycles. The Balaban J connectivity index is 1.55. The Bertz CT molecular complexity index is 804. The summed E-state index contributed by atoms with van der Waals surface area (Å²) in [6, 6.07) is 9.92. The zero-order valence-corrected chi connectivity index (χ0v) is 13.2. The van der Waals surface area contributed by atoms with Gasteiger partial charge >= 0.3 is 0 Å². The van der Waals surface area contributed by atoms with E-state index in [2.05, 4.69) is 20.8 Å². The molecule has 1 aromatic heterocycles. The minimum absolute atomic E-state index is 0.0489. The second-order valence-corrected chi connectivity index (χ2v) is 6.19. The van der Waals surface area contributed by atoms with Gasteiger partial charge in [-0.2, -0.15) is 0 Å². The third-order valence-electron chi connectivity index (χ3n) is 4.78. The highest BCUT2D eigenvalue weighted by Gasteiger charge is 2.37. The van der Waals surface area contributed by atoms with Crippen LogP contribution in [0.15, 0.2) is 41.5 Å². The van der Waals surface area contributed by atoms with Gasteiger partial charge in [-0.25, -0.2) is 10.4 Å². The van der Waals surface area contributed by atoms with Crippen molar-refractivity contribution in [3.8, 4) is 0 Å². The number of nitrogens with zero attached hydrogens (tertiary/aromatic N) is 2. The van der Waals surface area contributed by atoms with Gasteiger partial charge in [-0.3, -0.25) is 15.0 Å². The Kier molecular flexibility index (Phi) is 3.87. The molecule has 0 radical (unpaired) electrons.